The number of rotatable bonds is 5. The first-order valence-electron chi connectivity index (χ1n) is 20.8. The van der Waals surface area contributed by atoms with E-state index in [2.05, 4.69) is 169 Å². The quantitative estimate of drug-likeness (QED) is 0.163. The summed E-state index contributed by atoms with van der Waals surface area (Å²) in [6.45, 7) is 7.46. The van der Waals surface area contributed by atoms with Crippen molar-refractivity contribution in [3.05, 3.63) is 246 Å². The standard InChI is InChI=1S/C58H35N3O/c1-59-42-28-24-37(25-29-42)43-31-32-44(46-19-9-8-18-45(43)46)40-27-33-56-52(34-40)58(50-22-12-13-23-55(50)62-56)49-21-11-10-20-47(49)48-30-26-41(35-51(48)58)54-36-53(38-14-4-2-5-15-38)60-57(61-54)39-16-6-3-7-17-39/h2-36H. The van der Waals surface area contributed by atoms with Crippen molar-refractivity contribution in [2.24, 2.45) is 0 Å². The first kappa shape index (κ1) is 35.5. The molecule has 0 bridgehead atoms. The van der Waals surface area contributed by atoms with Gasteiger partial charge in [-0.3, -0.25) is 0 Å². The Kier molecular flexibility index (Phi) is 8.10. The van der Waals surface area contributed by atoms with Gasteiger partial charge in [0, 0.05) is 27.8 Å². The molecule has 288 valence electrons. The molecule has 1 atom stereocenters. The van der Waals surface area contributed by atoms with E-state index in [4.69, 9.17) is 21.3 Å². The maximum atomic E-state index is 7.46. The van der Waals surface area contributed by atoms with E-state index in [-0.39, 0.29) is 0 Å². The highest BCUT2D eigenvalue weighted by Gasteiger charge is 2.51. The summed E-state index contributed by atoms with van der Waals surface area (Å²) in [5, 5.41) is 2.32. The summed E-state index contributed by atoms with van der Waals surface area (Å²) in [7, 11) is 0. The van der Waals surface area contributed by atoms with Gasteiger partial charge in [-0.05, 0) is 85.6 Å². The molecule has 2 aliphatic rings. The number of hydrogen-bond donors (Lipinski definition) is 0. The molecule has 0 saturated heterocycles. The molecule has 0 amide bonds. The molecule has 0 fully saturated rings. The number of aromatic nitrogens is 2. The minimum absolute atomic E-state index is 0.634. The Hall–Kier alpha value is -8.39. The second-order valence-electron chi connectivity index (χ2n) is 15.9. The normalized spacial score (nSPS) is 14.3. The summed E-state index contributed by atoms with van der Waals surface area (Å²) < 4.78 is 6.87. The summed E-state index contributed by atoms with van der Waals surface area (Å²) in [5.74, 6) is 2.37. The SMILES string of the molecule is [C-]#[N+]c1ccc(-c2ccc(-c3ccc4c(c3)C3(c5ccccc5O4)c4ccccc4-c4ccc(-c5cc(-c6ccccc6)nc(-c6ccccc6)n5)cc43)c3ccccc23)cc1. The number of benzene rings is 9. The van der Waals surface area contributed by atoms with Crippen LogP contribution < -0.4 is 4.74 Å². The largest absolute Gasteiger partial charge is 0.457 e. The van der Waals surface area contributed by atoms with Crippen LogP contribution in [-0.2, 0) is 5.41 Å². The number of fused-ring (bicyclic) bond motifs is 10. The van der Waals surface area contributed by atoms with Gasteiger partial charge in [-0.1, -0.05) is 182 Å². The molecule has 1 aromatic heterocycles. The molecule has 1 aliphatic carbocycles. The Bertz CT molecular complexity index is 3390. The fourth-order valence-electron chi connectivity index (χ4n) is 9.81. The van der Waals surface area contributed by atoms with Gasteiger partial charge in [-0.25, -0.2) is 14.8 Å². The predicted molar refractivity (Wildman–Crippen MR) is 250 cm³/mol. The zero-order valence-corrected chi connectivity index (χ0v) is 33.5. The number of nitrogens with zero attached hydrogens (tertiary/aromatic N) is 3. The van der Waals surface area contributed by atoms with Crippen molar-refractivity contribution in [1.82, 2.24) is 9.97 Å². The van der Waals surface area contributed by atoms with Crippen LogP contribution in [0.1, 0.15) is 22.3 Å². The van der Waals surface area contributed by atoms with Gasteiger partial charge in [0.25, 0.3) is 0 Å². The van der Waals surface area contributed by atoms with Crippen molar-refractivity contribution < 1.29 is 4.74 Å². The van der Waals surface area contributed by atoms with E-state index >= 15 is 0 Å². The van der Waals surface area contributed by atoms with Gasteiger partial charge in [0.15, 0.2) is 11.5 Å². The maximum absolute atomic E-state index is 7.46. The van der Waals surface area contributed by atoms with Crippen LogP contribution >= 0.6 is 0 Å². The summed E-state index contributed by atoms with van der Waals surface area (Å²) in [4.78, 5) is 14.0. The third-order valence-corrected chi connectivity index (χ3v) is 12.6. The molecule has 9 aromatic carbocycles. The summed E-state index contributed by atoms with van der Waals surface area (Å²) in [6.07, 6.45) is 0. The van der Waals surface area contributed by atoms with E-state index in [0.29, 0.717) is 11.5 Å². The summed E-state index contributed by atoms with van der Waals surface area (Å²) in [6, 6.07) is 74.6. The molecule has 0 N–H and O–H groups in total. The van der Waals surface area contributed by atoms with Gasteiger partial charge < -0.3 is 4.74 Å². The lowest BCUT2D eigenvalue weighted by Crippen LogP contribution is -2.32. The van der Waals surface area contributed by atoms with E-state index in [0.717, 1.165) is 83.7 Å². The lowest BCUT2D eigenvalue weighted by molar-refractivity contribution is 0.436. The van der Waals surface area contributed by atoms with E-state index in [1.165, 1.54) is 22.3 Å². The van der Waals surface area contributed by atoms with E-state index < -0.39 is 5.41 Å². The lowest BCUT2D eigenvalue weighted by atomic mass is 9.65. The van der Waals surface area contributed by atoms with Crippen molar-refractivity contribution in [2.45, 2.75) is 5.41 Å². The van der Waals surface area contributed by atoms with Crippen LogP contribution in [0.15, 0.2) is 212 Å². The fourth-order valence-corrected chi connectivity index (χ4v) is 9.81. The molecule has 1 unspecified atom stereocenters. The number of hydrogen-bond acceptors (Lipinski definition) is 3. The number of para-hydroxylation sites is 1. The predicted octanol–water partition coefficient (Wildman–Crippen LogP) is 15.0. The van der Waals surface area contributed by atoms with Gasteiger partial charge in [0.2, 0.25) is 0 Å². The van der Waals surface area contributed by atoms with Gasteiger partial charge in [-0.2, -0.15) is 0 Å². The average Bonchev–Trinajstić information content (AvgIpc) is 3.64. The van der Waals surface area contributed by atoms with Crippen LogP contribution in [0.25, 0.3) is 82.9 Å². The monoisotopic (exact) mass is 789 g/mol. The fraction of sp³-hybridized carbons (Fsp3) is 0.0172. The smallest absolute Gasteiger partial charge is 0.187 e. The van der Waals surface area contributed by atoms with Gasteiger partial charge in [0.1, 0.15) is 11.5 Å². The van der Waals surface area contributed by atoms with Crippen LogP contribution in [0.3, 0.4) is 0 Å². The van der Waals surface area contributed by atoms with Crippen LogP contribution in [-0.4, -0.2) is 9.97 Å². The van der Waals surface area contributed by atoms with Crippen molar-refractivity contribution in [2.75, 3.05) is 0 Å². The average molecular weight is 790 g/mol. The molecule has 62 heavy (non-hydrogen) atoms. The molecule has 1 aliphatic heterocycles. The molecule has 10 aromatic rings. The van der Waals surface area contributed by atoms with Crippen molar-refractivity contribution in [3.63, 3.8) is 0 Å². The molecule has 4 heteroatoms. The van der Waals surface area contributed by atoms with E-state index in [1.807, 2.05) is 48.5 Å². The minimum atomic E-state index is -0.694. The zero-order chi connectivity index (χ0) is 41.2. The van der Waals surface area contributed by atoms with Crippen molar-refractivity contribution >= 4 is 16.5 Å². The Morgan fingerprint density at radius 3 is 1.65 bits per heavy atom. The second kappa shape index (κ2) is 14.1. The Balaban J connectivity index is 1.09. The Labute approximate surface area is 359 Å². The van der Waals surface area contributed by atoms with Gasteiger partial charge in [0.05, 0.1) is 23.4 Å². The maximum Gasteiger partial charge on any atom is 0.187 e. The van der Waals surface area contributed by atoms with Crippen LogP contribution in [0.2, 0.25) is 0 Å². The van der Waals surface area contributed by atoms with Crippen LogP contribution in [0.4, 0.5) is 5.69 Å². The summed E-state index contributed by atoms with van der Waals surface area (Å²) >= 11 is 0. The van der Waals surface area contributed by atoms with Crippen molar-refractivity contribution in [3.8, 4) is 78.8 Å². The highest BCUT2D eigenvalue weighted by molar-refractivity contribution is 6.05. The minimum Gasteiger partial charge on any atom is -0.457 e. The molecule has 2 heterocycles. The molecule has 4 nitrogen and oxygen atoms in total. The van der Waals surface area contributed by atoms with Gasteiger partial charge >= 0.3 is 0 Å². The third-order valence-electron chi connectivity index (χ3n) is 12.6. The molecular weight excluding hydrogens is 755 g/mol. The topological polar surface area (TPSA) is 39.4 Å². The Morgan fingerprint density at radius 1 is 0.371 bits per heavy atom. The van der Waals surface area contributed by atoms with Gasteiger partial charge in [-0.15, -0.1) is 0 Å². The lowest BCUT2D eigenvalue weighted by Gasteiger charge is -2.39. The first-order valence-corrected chi connectivity index (χ1v) is 20.8. The first-order chi connectivity index (χ1) is 30.7. The van der Waals surface area contributed by atoms with E-state index in [9.17, 15) is 0 Å². The highest BCUT2D eigenvalue weighted by atomic mass is 16.5. The highest BCUT2D eigenvalue weighted by Crippen LogP contribution is 2.63. The zero-order valence-electron chi connectivity index (χ0n) is 33.5. The molecule has 0 saturated carbocycles. The van der Waals surface area contributed by atoms with Crippen LogP contribution in [0, 0.1) is 6.57 Å². The number of ether oxygens (including phenoxy) is 1. The van der Waals surface area contributed by atoms with E-state index in [1.54, 1.807) is 0 Å². The van der Waals surface area contributed by atoms with Crippen LogP contribution in [0.5, 0.6) is 11.5 Å². The Morgan fingerprint density at radius 2 is 0.903 bits per heavy atom. The third kappa shape index (κ3) is 5.46. The molecular formula is C58H35N3O. The van der Waals surface area contributed by atoms with Crippen molar-refractivity contribution in [1.29, 1.82) is 0 Å². The molecule has 1 spiro atoms. The summed E-state index contributed by atoms with van der Waals surface area (Å²) in [5.41, 5.74) is 16.2. The molecule has 0 radical (unpaired) electrons. The molecule has 12 rings (SSSR count). The second-order valence-corrected chi connectivity index (χ2v) is 15.9.